The Balaban J connectivity index is 0.00000400. The number of piperidine rings is 1. The first-order chi connectivity index (χ1) is 21.4. The zero-order valence-corrected chi connectivity index (χ0v) is 24.5. The van der Waals surface area contributed by atoms with Gasteiger partial charge in [0.15, 0.2) is 12.0 Å². The number of rotatable bonds is 8. The molecule has 0 saturated carbocycles. The van der Waals surface area contributed by atoms with Crippen LogP contribution >= 0.6 is 0 Å². The number of likely N-dealkylation sites (tertiary alicyclic amines) is 1. The number of aromatic nitrogens is 3. The number of anilines is 3. The van der Waals surface area contributed by atoms with E-state index in [1.54, 1.807) is 18.2 Å². The summed E-state index contributed by atoms with van der Waals surface area (Å²) < 4.78 is 26.1. The number of halogens is 1. The van der Waals surface area contributed by atoms with Crippen molar-refractivity contribution in [3.63, 3.8) is 0 Å². The summed E-state index contributed by atoms with van der Waals surface area (Å²) in [7, 11) is 0. The van der Waals surface area contributed by atoms with Crippen LogP contribution in [0, 0.1) is 11.3 Å². The maximum Gasteiger partial charge on any atom is 0.251 e. The van der Waals surface area contributed by atoms with E-state index < -0.39 is 24.3 Å². The standard InChI is InChI=1S/C31H35FN8O4.CH4/c1-20(41)30(42)40-9-8-28(26(32)16-40)44-27-7-2-21(14-22(27)15-33)29-34-19-35-31(37-29)36-23-3-5-24(6-4-23)38-10-12-39(13-11-38)25-17-43-18-25;/h2-7,14,19-20,25-26,28,41H,8-13,16-18H2,1H3,(H,34,35,36,37);1H4/t20-,26+,28+;/m0./s1. The zero-order chi connectivity index (χ0) is 30.6. The average molecular weight is 619 g/mol. The number of hydrogen-bond acceptors (Lipinski definition) is 11. The Bertz CT molecular complexity index is 1510. The third kappa shape index (κ3) is 7.30. The van der Waals surface area contributed by atoms with Crippen LogP contribution in [0.4, 0.5) is 21.7 Å². The van der Waals surface area contributed by atoms with Crippen molar-refractivity contribution in [2.24, 2.45) is 0 Å². The fourth-order valence-corrected chi connectivity index (χ4v) is 5.66. The van der Waals surface area contributed by atoms with Crippen LogP contribution in [0.15, 0.2) is 48.8 Å². The molecule has 3 aromatic rings. The number of amides is 1. The Morgan fingerprint density at radius 2 is 1.89 bits per heavy atom. The highest BCUT2D eigenvalue weighted by Gasteiger charge is 2.34. The molecule has 0 spiro atoms. The minimum Gasteiger partial charge on any atom is -0.486 e. The van der Waals surface area contributed by atoms with E-state index in [1.807, 2.05) is 12.1 Å². The predicted molar refractivity (Wildman–Crippen MR) is 167 cm³/mol. The van der Waals surface area contributed by atoms with Crippen molar-refractivity contribution in [3.05, 3.63) is 54.4 Å². The topological polar surface area (TPSA) is 140 Å². The Morgan fingerprint density at radius 1 is 1.13 bits per heavy atom. The Morgan fingerprint density at radius 3 is 2.53 bits per heavy atom. The molecule has 3 saturated heterocycles. The molecule has 45 heavy (non-hydrogen) atoms. The third-order valence-electron chi connectivity index (χ3n) is 8.30. The summed E-state index contributed by atoms with van der Waals surface area (Å²) in [6, 6.07) is 15.7. The van der Waals surface area contributed by atoms with Crippen molar-refractivity contribution < 1.29 is 23.8 Å². The van der Waals surface area contributed by atoms with Crippen LogP contribution in [0.2, 0.25) is 0 Å². The van der Waals surface area contributed by atoms with Crippen molar-refractivity contribution in [1.82, 2.24) is 24.8 Å². The number of nitriles is 1. The molecule has 6 rings (SSSR count). The predicted octanol–water partition coefficient (Wildman–Crippen LogP) is 3.01. The van der Waals surface area contributed by atoms with Crippen LogP contribution in [0.5, 0.6) is 5.75 Å². The molecule has 3 fully saturated rings. The molecule has 0 unspecified atom stereocenters. The molecule has 1 aromatic heterocycles. The van der Waals surface area contributed by atoms with Gasteiger partial charge in [-0.2, -0.15) is 10.2 Å². The van der Waals surface area contributed by atoms with Crippen LogP contribution < -0.4 is 15.0 Å². The van der Waals surface area contributed by atoms with E-state index in [-0.39, 0.29) is 38.2 Å². The number of ether oxygens (including phenoxy) is 2. The molecule has 2 N–H and O–H groups in total. The Kier molecular flexibility index (Phi) is 10.1. The lowest BCUT2D eigenvalue weighted by atomic mass is 10.0. The van der Waals surface area contributed by atoms with Gasteiger partial charge in [-0.1, -0.05) is 7.43 Å². The van der Waals surface area contributed by atoms with Gasteiger partial charge in [0.05, 0.1) is 31.4 Å². The van der Waals surface area contributed by atoms with E-state index >= 15 is 0 Å². The summed E-state index contributed by atoms with van der Waals surface area (Å²) in [5, 5.41) is 22.5. The fraction of sp³-hybridized carbons (Fsp3) is 0.469. The van der Waals surface area contributed by atoms with Crippen LogP contribution in [0.1, 0.15) is 26.3 Å². The Labute approximate surface area is 262 Å². The number of carbonyl (C=O) groups excluding carboxylic acids is 1. The third-order valence-corrected chi connectivity index (χ3v) is 8.30. The summed E-state index contributed by atoms with van der Waals surface area (Å²) in [6.45, 7) is 7.15. The first-order valence-corrected chi connectivity index (χ1v) is 14.8. The number of aliphatic hydroxyl groups excluding tert-OH is 1. The van der Waals surface area contributed by atoms with Gasteiger partial charge in [-0.25, -0.2) is 14.4 Å². The number of alkyl halides is 1. The molecule has 12 nitrogen and oxygen atoms in total. The molecule has 238 valence electrons. The van der Waals surface area contributed by atoms with E-state index in [9.17, 15) is 19.6 Å². The normalized spacial score (nSPS) is 21.2. The highest BCUT2D eigenvalue weighted by Crippen LogP contribution is 2.29. The maximum atomic E-state index is 14.9. The highest BCUT2D eigenvalue weighted by atomic mass is 19.1. The summed E-state index contributed by atoms with van der Waals surface area (Å²) in [5.41, 5.74) is 2.79. The Hall–Kier alpha value is -4.38. The van der Waals surface area contributed by atoms with E-state index in [2.05, 4.69) is 48.3 Å². The molecule has 4 heterocycles. The van der Waals surface area contributed by atoms with Crippen molar-refractivity contribution >= 4 is 23.2 Å². The molecule has 1 amide bonds. The van der Waals surface area contributed by atoms with Crippen LogP contribution in [0.3, 0.4) is 0 Å². The van der Waals surface area contributed by atoms with Gasteiger partial charge in [-0.15, -0.1) is 0 Å². The lowest BCUT2D eigenvalue weighted by molar-refractivity contribution is -0.143. The first-order valence-electron chi connectivity index (χ1n) is 14.8. The summed E-state index contributed by atoms with van der Waals surface area (Å²) in [4.78, 5) is 31.3. The second-order valence-corrected chi connectivity index (χ2v) is 11.3. The van der Waals surface area contributed by atoms with Gasteiger partial charge in [-0.05, 0) is 49.4 Å². The second-order valence-electron chi connectivity index (χ2n) is 11.3. The lowest BCUT2D eigenvalue weighted by Crippen LogP contribution is -2.56. The first kappa shape index (κ1) is 32.0. The summed E-state index contributed by atoms with van der Waals surface area (Å²) >= 11 is 0. The highest BCUT2D eigenvalue weighted by molar-refractivity contribution is 5.80. The quantitative estimate of drug-likeness (QED) is 0.385. The molecule has 0 aliphatic carbocycles. The van der Waals surface area contributed by atoms with E-state index in [0.29, 0.717) is 23.4 Å². The summed E-state index contributed by atoms with van der Waals surface area (Å²) in [6.07, 6.45) is -1.83. The van der Waals surface area contributed by atoms with E-state index in [4.69, 9.17) is 9.47 Å². The average Bonchev–Trinajstić information content (AvgIpc) is 3.02. The smallest absolute Gasteiger partial charge is 0.251 e. The molecule has 13 heteroatoms. The number of carbonyl (C=O) groups is 1. The number of piperazine rings is 1. The molecular formula is C32H39FN8O4. The van der Waals surface area contributed by atoms with Gasteiger partial charge >= 0.3 is 0 Å². The SMILES string of the molecule is C.C[C@H](O)C(=O)N1CC[C@@H](Oc2ccc(-c3ncnc(Nc4ccc(N5CCN(C6COC6)CC5)cc4)n3)cc2C#N)[C@H](F)C1. The number of benzene rings is 2. The van der Waals surface area contributed by atoms with Crippen LogP contribution in [-0.2, 0) is 9.53 Å². The largest absolute Gasteiger partial charge is 0.486 e. The van der Waals surface area contributed by atoms with Crippen LogP contribution in [-0.4, -0.2) is 113 Å². The lowest BCUT2D eigenvalue weighted by Gasteiger charge is -2.43. The number of aliphatic hydroxyl groups is 1. The number of nitrogens with zero attached hydrogens (tertiary/aromatic N) is 7. The zero-order valence-electron chi connectivity index (χ0n) is 24.5. The molecular weight excluding hydrogens is 579 g/mol. The monoisotopic (exact) mass is 618 g/mol. The van der Waals surface area contributed by atoms with Crippen molar-refractivity contribution in [3.8, 4) is 23.2 Å². The van der Waals surface area contributed by atoms with Crippen LogP contribution in [0.25, 0.3) is 11.4 Å². The minimum absolute atomic E-state index is 0. The number of nitrogens with one attached hydrogen (secondary N) is 1. The van der Waals surface area contributed by atoms with E-state index in [1.165, 1.54) is 23.8 Å². The van der Waals surface area contributed by atoms with Gasteiger partial charge in [0.2, 0.25) is 5.95 Å². The van der Waals surface area contributed by atoms with Crippen molar-refractivity contribution in [2.45, 2.75) is 45.2 Å². The minimum atomic E-state index is -1.46. The number of hydrogen-bond donors (Lipinski definition) is 2. The molecule has 0 radical (unpaired) electrons. The van der Waals surface area contributed by atoms with Gasteiger partial charge in [0.1, 0.15) is 30.4 Å². The van der Waals surface area contributed by atoms with Crippen molar-refractivity contribution in [1.29, 1.82) is 5.26 Å². The van der Waals surface area contributed by atoms with Gasteiger partial charge in [0, 0.05) is 56.1 Å². The molecule has 3 aliphatic heterocycles. The van der Waals surface area contributed by atoms with Gasteiger partial charge in [0.25, 0.3) is 5.91 Å². The second kappa shape index (κ2) is 14.2. The maximum absolute atomic E-state index is 14.9. The molecule has 2 aromatic carbocycles. The molecule has 3 aliphatic rings. The van der Waals surface area contributed by atoms with Crippen molar-refractivity contribution in [2.75, 3.05) is 62.7 Å². The summed E-state index contributed by atoms with van der Waals surface area (Å²) in [5.74, 6) is 0.452. The molecule has 0 bridgehead atoms. The van der Waals surface area contributed by atoms with Gasteiger partial charge in [-0.3, -0.25) is 9.69 Å². The van der Waals surface area contributed by atoms with Gasteiger partial charge < -0.3 is 29.7 Å². The van der Waals surface area contributed by atoms with E-state index in [0.717, 1.165) is 45.1 Å². The fourth-order valence-electron chi connectivity index (χ4n) is 5.66. The molecule has 3 atom stereocenters.